The monoisotopic (exact) mass is 219 g/mol. The summed E-state index contributed by atoms with van der Waals surface area (Å²) >= 11 is 0. The highest BCUT2D eigenvalue weighted by Crippen LogP contribution is 2.18. The van der Waals surface area contributed by atoms with Crippen molar-refractivity contribution in [2.45, 2.75) is 31.7 Å². The lowest BCUT2D eigenvalue weighted by molar-refractivity contribution is -0.118. The molecule has 1 saturated carbocycles. The van der Waals surface area contributed by atoms with Crippen molar-refractivity contribution in [3.8, 4) is 0 Å². The fourth-order valence-electron chi connectivity index (χ4n) is 1.62. The Morgan fingerprint density at radius 1 is 1.56 bits per heavy atom. The van der Waals surface area contributed by atoms with Crippen LogP contribution < -0.4 is 11.1 Å². The number of nitrogens with one attached hydrogen (secondary N) is 1. The number of nitrogens with zero attached hydrogens (tertiary/aromatic N) is 1. The Balaban J connectivity index is 1.73. The predicted molar refractivity (Wildman–Crippen MR) is 63.0 cm³/mol. The molecule has 0 amide bonds. The molecule has 3 N–H and O–H groups in total. The first-order chi connectivity index (χ1) is 7.74. The molecule has 1 aliphatic rings. The molecule has 1 heterocycles. The van der Waals surface area contributed by atoms with E-state index in [2.05, 4.69) is 10.3 Å². The molecule has 1 aliphatic carbocycles. The molecule has 4 nitrogen and oxygen atoms in total. The van der Waals surface area contributed by atoms with Gasteiger partial charge in [0.2, 0.25) is 0 Å². The van der Waals surface area contributed by atoms with Crippen LogP contribution in [0.15, 0.2) is 18.3 Å². The molecule has 4 heteroatoms. The van der Waals surface area contributed by atoms with Crippen LogP contribution in [0.25, 0.3) is 0 Å². The highest BCUT2D eigenvalue weighted by Gasteiger charge is 2.20. The van der Waals surface area contributed by atoms with Gasteiger partial charge < -0.3 is 11.1 Å². The standard InChI is InChI=1S/C12H17N3O/c13-12-8-9(3-5-15-12)7-11(16)4-6-14-10-1-2-10/h3,5,8,10,14H,1-2,4,6-7H2,(H2,13,15). The molecule has 2 rings (SSSR count). The van der Waals surface area contributed by atoms with Crippen LogP contribution in [0.3, 0.4) is 0 Å². The van der Waals surface area contributed by atoms with Gasteiger partial charge in [0.15, 0.2) is 0 Å². The Hall–Kier alpha value is -1.42. The van der Waals surface area contributed by atoms with E-state index in [4.69, 9.17) is 5.73 Å². The van der Waals surface area contributed by atoms with Crippen molar-refractivity contribution >= 4 is 11.6 Å². The minimum absolute atomic E-state index is 0.249. The number of anilines is 1. The molecule has 1 fully saturated rings. The van der Waals surface area contributed by atoms with E-state index < -0.39 is 0 Å². The summed E-state index contributed by atoms with van der Waals surface area (Å²) in [5.41, 5.74) is 6.50. The number of ketones is 1. The second-order valence-electron chi connectivity index (χ2n) is 4.28. The summed E-state index contributed by atoms with van der Waals surface area (Å²) in [6.45, 7) is 0.796. The Labute approximate surface area is 95.3 Å². The van der Waals surface area contributed by atoms with Crippen molar-refractivity contribution in [3.05, 3.63) is 23.9 Å². The highest BCUT2D eigenvalue weighted by molar-refractivity contribution is 5.81. The third-order valence-corrected chi connectivity index (χ3v) is 2.66. The van der Waals surface area contributed by atoms with Crippen LogP contribution >= 0.6 is 0 Å². The number of carbonyl (C=O) groups is 1. The number of pyridine rings is 1. The largest absolute Gasteiger partial charge is 0.384 e. The number of nitrogens with two attached hydrogens (primary N) is 1. The van der Waals surface area contributed by atoms with Gasteiger partial charge in [-0.1, -0.05) is 0 Å². The van der Waals surface area contributed by atoms with Gasteiger partial charge in [-0.15, -0.1) is 0 Å². The first-order valence-corrected chi connectivity index (χ1v) is 5.69. The molecule has 86 valence electrons. The lowest BCUT2D eigenvalue weighted by atomic mass is 10.1. The summed E-state index contributed by atoms with van der Waals surface area (Å²) in [6.07, 6.45) is 5.21. The van der Waals surface area contributed by atoms with Crippen LogP contribution in [-0.2, 0) is 11.2 Å². The smallest absolute Gasteiger partial charge is 0.138 e. The Bertz CT molecular complexity index is 374. The van der Waals surface area contributed by atoms with Crippen LogP contribution in [0.2, 0.25) is 0 Å². The third kappa shape index (κ3) is 3.62. The molecular weight excluding hydrogens is 202 g/mol. The Kier molecular flexibility index (Phi) is 3.51. The van der Waals surface area contributed by atoms with Crippen molar-refractivity contribution in [2.75, 3.05) is 12.3 Å². The lowest BCUT2D eigenvalue weighted by Crippen LogP contribution is -2.20. The maximum atomic E-state index is 11.6. The van der Waals surface area contributed by atoms with Gasteiger partial charge in [0, 0.05) is 31.6 Å². The molecule has 0 unspecified atom stereocenters. The summed E-state index contributed by atoms with van der Waals surface area (Å²) in [5.74, 6) is 0.722. The van der Waals surface area contributed by atoms with E-state index in [-0.39, 0.29) is 5.78 Å². The summed E-state index contributed by atoms with van der Waals surface area (Å²) < 4.78 is 0. The van der Waals surface area contributed by atoms with Gasteiger partial charge in [-0.25, -0.2) is 4.98 Å². The number of Topliss-reactive ketones (excluding diaryl/α,β-unsaturated/α-hetero) is 1. The Morgan fingerprint density at radius 2 is 2.38 bits per heavy atom. The van der Waals surface area contributed by atoms with E-state index in [1.807, 2.05) is 6.07 Å². The van der Waals surface area contributed by atoms with Crippen molar-refractivity contribution in [1.82, 2.24) is 10.3 Å². The van der Waals surface area contributed by atoms with E-state index in [0.29, 0.717) is 24.7 Å². The number of hydrogen-bond donors (Lipinski definition) is 2. The van der Waals surface area contributed by atoms with E-state index in [9.17, 15) is 4.79 Å². The number of hydrogen-bond acceptors (Lipinski definition) is 4. The van der Waals surface area contributed by atoms with Crippen LogP contribution in [0, 0.1) is 0 Å². The molecule has 1 aromatic heterocycles. The lowest BCUT2D eigenvalue weighted by Gasteiger charge is -2.03. The van der Waals surface area contributed by atoms with Crippen molar-refractivity contribution < 1.29 is 4.79 Å². The topological polar surface area (TPSA) is 68.0 Å². The molecule has 16 heavy (non-hydrogen) atoms. The summed E-state index contributed by atoms with van der Waals surface area (Å²) in [4.78, 5) is 15.5. The molecule has 0 spiro atoms. The first kappa shape index (κ1) is 11.1. The minimum atomic E-state index is 0.249. The normalized spacial score (nSPS) is 15.0. The molecule has 0 aromatic carbocycles. The molecular formula is C12H17N3O. The first-order valence-electron chi connectivity index (χ1n) is 5.69. The summed E-state index contributed by atoms with van der Waals surface area (Å²) in [6, 6.07) is 4.26. The van der Waals surface area contributed by atoms with Gasteiger partial charge in [0.1, 0.15) is 11.6 Å². The van der Waals surface area contributed by atoms with E-state index in [1.54, 1.807) is 12.3 Å². The van der Waals surface area contributed by atoms with Gasteiger partial charge in [0.05, 0.1) is 0 Å². The molecule has 0 saturated heterocycles. The molecule has 0 aliphatic heterocycles. The zero-order valence-electron chi connectivity index (χ0n) is 9.28. The van der Waals surface area contributed by atoms with Crippen LogP contribution in [0.1, 0.15) is 24.8 Å². The van der Waals surface area contributed by atoms with Gasteiger partial charge >= 0.3 is 0 Å². The van der Waals surface area contributed by atoms with Gasteiger partial charge in [-0.2, -0.15) is 0 Å². The van der Waals surface area contributed by atoms with Crippen molar-refractivity contribution in [1.29, 1.82) is 0 Å². The van der Waals surface area contributed by atoms with Crippen LogP contribution in [-0.4, -0.2) is 23.4 Å². The zero-order valence-corrected chi connectivity index (χ0v) is 9.28. The van der Waals surface area contributed by atoms with Crippen LogP contribution in [0.4, 0.5) is 5.82 Å². The fourth-order valence-corrected chi connectivity index (χ4v) is 1.62. The SMILES string of the molecule is Nc1cc(CC(=O)CCNC2CC2)ccn1. The van der Waals surface area contributed by atoms with E-state index >= 15 is 0 Å². The number of nitrogen functional groups attached to an aromatic ring is 1. The summed E-state index contributed by atoms with van der Waals surface area (Å²) in [7, 11) is 0. The fraction of sp³-hybridized carbons (Fsp3) is 0.500. The molecule has 0 atom stereocenters. The highest BCUT2D eigenvalue weighted by atomic mass is 16.1. The van der Waals surface area contributed by atoms with Crippen LogP contribution in [0.5, 0.6) is 0 Å². The number of aromatic nitrogens is 1. The van der Waals surface area contributed by atoms with Gasteiger partial charge in [-0.05, 0) is 30.5 Å². The number of carbonyl (C=O) groups excluding carboxylic acids is 1. The average molecular weight is 219 g/mol. The zero-order chi connectivity index (χ0) is 11.4. The predicted octanol–water partition coefficient (Wildman–Crippen LogP) is 0.917. The minimum Gasteiger partial charge on any atom is -0.384 e. The second kappa shape index (κ2) is 5.07. The number of rotatable bonds is 6. The maximum Gasteiger partial charge on any atom is 0.138 e. The Morgan fingerprint density at radius 3 is 3.06 bits per heavy atom. The van der Waals surface area contributed by atoms with Gasteiger partial charge in [0.25, 0.3) is 0 Å². The third-order valence-electron chi connectivity index (χ3n) is 2.66. The molecule has 1 aromatic rings. The van der Waals surface area contributed by atoms with Gasteiger partial charge in [-0.3, -0.25) is 4.79 Å². The average Bonchev–Trinajstić information content (AvgIpc) is 3.01. The van der Waals surface area contributed by atoms with Crippen molar-refractivity contribution in [3.63, 3.8) is 0 Å². The summed E-state index contributed by atoms with van der Waals surface area (Å²) in [5, 5.41) is 3.33. The molecule has 0 bridgehead atoms. The van der Waals surface area contributed by atoms with E-state index in [0.717, 1.165) is 12.1 Å². The molecule has 0 radical (unpaired) electrons. The van der Waals surface area contributed by atoms with E-state index in [1.165, 1.54) is 12.8 Å². The maximum absolute atomic E-state index is 11.6. The quantitative estimate of drug-likeness (QED) is 0.746. The van der Waals surface area contributed by atoms with Crippen molar-refractivity contribution in [2.24, 2.45) is 0 Å². The second-order valence-corrected chi connectivity index (χ2v) is 4.28.